The number of allylic oxidation sites excluding steroid dienone is 1. The fraction of sp³-hybridized carbons (Fsp3) is 0.825. The third-order valence-corrected chi connectivity index (χ3v) is 27.1. The molecule has 4 N–H and O–H groups in total. The average Bonchev–Trinajstić information content (AvgIpc) is 2.65. The molecule has 1 aromatic heterocycles. The molecule has 0 radical (unpaired) electrons. The molecule has 0 amide bonds. The predicted octanol–water partition coefficient (Wildman–Crippen LogP) is 8.14. The Bertz CT molecular complexity index is 2710. The molecule has 8 heterocycles. The summed E-state index contributed by atoms with van der Waals surface area (Å²) in [6.07, 6.45) is 23.8. The van der Waals surface area contributed by atoms with Crippen LogP contribution in [0.2, 0.25) is 0 Å². The molecule has 13 fully saturated rings. The number of esters is 2. The SMILES string of the molecule is C[C@H](C[C@@H]1C=C2C[C@@H]3CC4(CCCC4)C[C@]34C[C@H]3C[C@@]5(C)[C@H](c6ccoc6C[C@@H]([C@H]6CC[C@H]7[C@H](C=CN8CNC[C@H]78)C6)[C@H](O)CO)OC(=O)[C@H]6O[C@]65[C@]5(C)[C@H](O)C(=O)[C@@H]6[C@@]1(C)O[C@]21[C@H]4C(=O)OC[C@@]61[C@@H]35)C1CCCCC1. The standard InChI is InChI=1S/C63H84N2O11/c1-33(34-10-6-5-7-11-34)20-38-22-39-23-40-27-59(16-8-9-17-59)30-60(40)26-37-25-56(2)52(42-15-19-72-46(42)24-43(45(67)29-66)35-12-13-41-36(21-35)14-18-65-32-64-28-44(41)65)74-55(71)53-63(56,75-53)57(3)48(37)61-31-73-54(70)50(60)62(39,61)76-58(38,4)49(61)47(68)51(57)69/h14-15,18-19,22,33-38,40-41,43-45,48-53,64,66-67,69H,5-13,16-17,20-21,23-32H2,1-4H3/t33-,35+,36-,37-,38-,40-,41+,43+,44-,45-,48+,49-,50+,51-,52+,53-,56+,57+,58+,60-,61-,62+,63-/m1/s1. The van der Waals surface area contributed by atoms with Crippen LogP contribution in [0.5, 0.6) is 0 Å². The lowest BCUT2D eigenvalue weighted by molar-refractivity contribution is -0.280. The number of nitrogens with one attached hydrogen (secondary N) is 1. The van der Waals surface area contributed by atoms with Gasteiger partial charge < -0.3 is 43.6 Å². The number of fused-ring (bicyclic) bond motifs is 5. The van der Waals surface area contributed by atoms with Crippen molar-refractivity contribution in [3.05, 3.63) is 47.6 Å². The van der Waals surface area contributed by atoms with Gasteiger partial charge in [0.2, 0.25) is 0 Å². The molecule has 0 unspecified atom stereocenters. The number of rotatable bonds is 9. The summed E-state index contributed by atoms with van der Waals surface area (Å²) in [5, 5.41) is 39.7. The molecule has 5 saturated heterocycles. The fourth-order valence-corrected chi connectivity index (χ4v) is 24.7. The summed E-state index contributed by atoms with van der Waals surface area (Å²) in [6, 6.07) is 2.40. The van der Waals surface area contributed by atoms with Gasteiger partial charge in [-0.2, -0.15) is 0 Å². The highest BCUT2D eigenvalue weighted by atomic mass is 16.7. The highest BCUT2D eigenvalue weighted by molar-refractivity contribution is 5.94. The van der Waals surface area contributed by atoms with E-state index in [0.29, 0.717) is 48.3 Å². The van der Waals surface area contributed by atoms with Crippen molar-refractivity contribution in [3.8, 4) is 0 Å². The zero-order valence-electron chi connectivity index (χ0n) is 45.5. The van der Waals surface area contributed by atoms with Crippen LogP contribution < -0.4 is 5.32 Å². The summed E-state index contributed by atoms with van der Waals surface area (Å²) in [4.78, 5) is 49.5. The van der Waals surface area contributed by atoms with Gasteiger partial charge in [0.05, 0.1) is 48.5 Å². The van der Waals surface area contributed by atoms with Gasteiger partial charge in [0.15, 0.2) is 11.9 Å². The van der Waals surface area contributed by atoms with Crippen molar-refractivity contribution in [2.45, 2.75) is 197 Å². The number of epoxide rings is 1. The van der Waals surface area contributed by atoms with Gasteiger partial charge in [0.1, 0.15) is 35.8 Å². The van der Waals surface area contributed by atoms with E-state index in [9.17, 15) is 20.1 Å². The van der Waals surface area contributed by atoms with E-state index in [1.807, 2.05) is 6.07 Å². The van der Waals surface area contributed by atoms with Gasteiger partial charge in [-0.25, -0.2) is 4.79 Å². The Labute approximate surface area is 448 Å². The van der Waals surface area contributed by atoms with Gasteiger partial charge in [-0.3, -0.25) is 14.9 Å². The van der Waals surface area contributed by atoms with Crippen molar-refractivity contribution in [2.24, 2.45) is 98.1 Å². The topological polar surface area (TPSA) is 181 Å². The lowest BCUT2D eigenvalue weighted by Gasteiger charge is -2.70. The zero-order chi connectivity index (χ0) is 51.9. The molecule has 13 heteroatoms. The number of aliphatic hydroxyl groups is 3. The second kappa shape index (κ2) is 15.9. The van der Waals surface area contributed by atoms with Gasteiger partial charge >= 0.3 is 11.9 Å². The van der Waals surface area contributed by atoms with E-state index < -0.39 is 80.7 Å². The Kier molecular flexibility index (Phi) is 10.2. The summed E-state index contributed by atoms with van der Waals surface area (Å²) in [5.74, 6) is -0.183. The highest BCUT2D eigenvalue weighted by Gasteiger charge is 2.97. The first kappa shape index (κ1) is 48.8. The maximum absolute atomic E-state index is 16.5. The number of hydrogen-bond acceptors (Lipinski definition) is 13. The Morgan fingerprint density at radius 2 is 1.75 bits per heavy atom. The monoisotopic (exact) mass is 1040 g/mol. The Balaban J connectivity index is 0.832. The number of aliphatic hydroxyl groups excluding tert-OH is 3. The Morgan fingerprint density at radius 3 is 2.55 bits per heavy atom. The minimum absolute atomic E-state index is 0.0477. The number of ether oxygens (including phenoxy) is 4. The van der Waals surface area contributed by atoms with Gasteiger partial charge in [-0.1, -0.05) is 77.9 Å². The number of carbonyl (C=O) groups is 3. The van der Waals surface area contributed by atoms with Gasteiger partial charge in [-0.05, 0) is 159 Å². The van der Waals surface area contributed by atoms with Crippen LogP contribution >= 0.6 is 0 Å². The second-order valence-corrected chi connectivity index (χ2v) is 29.7. The first-order valence-corrected chi connectivity index (χ1v) is 30.7. The summed E-state index contributed by atoms with van der Waals surface area (Å²) in [6.45, 7) is 10.4. The van der Waals surface area contributed by atoms with Crippen molar-refractivity contribution < 1.29 is 53.1 Å². The van der Waals surface area contributed by atoms with E-state index in [1.54, 1.807) is 6.26 Å². The number of nitrogens with zero attached hydrogens (tertiary/aromatic N) is 1. The number of ketones is 1. The molecule has 8 saturated carbocycles. The smallest absolute Gasteiger partial charge is 0.339 e. The van der Waals surface area contributed by atoms with E-state index in [2.05, 4.69) is 56.3 Å². The summed E-state index contributed by atoms with van der Waals surface area (Å²) in [5.41, 5.74) is -5.03. The van der Waals surface area contributed by atoms with Crippen LogP contribution in [0.25, 0.3) is 0 Å². The van der Waals surface area contributed by atoms with Crippen LogP contribution in [0.4, 0.5) is 0 Å². The lowest BCUT2D eigenvalue weighted by atomic mass is 9.33. The molecular weight excluding hydrogens is 961 g/mol. The van der Waals surface area contributed by atoms with Crippen molar-refractivity contribution >= 4 is 17.7 Å². The first-order valence-electron chi connectivity index (χ1n) is 30.7. The van der Waals surface area contributed by atoms with Crippen LogP contribution in [0.15, 0.2) is 40.7 Å². The largest absolute Gasteiger partial charge is 0.469 e. The molecule has 5 bridgehead atoms. The van der Waals surface area contributed by atoms with Crippen LogP contribution in [0.1, 0.15) is 161 Å². The van der Waals surface area contributed by atoms with Crippen molar-refractivity contribution in [1.82, 2.24) is 10.2 Å². The fourth-order valence-electron chi connectivity index (χ4n) is 24.7. The molecule has 0 aromatic carbocycles. The molecule has 1 aromatic rings. The molecule has 23 atom stereocenters. The maximum Gasteiger partial charge on any atom is 0.339 e. The average molecular weight is 1050 g/mol. The van der Waals surface area contributed by atoms with Gasteiger partial charge in [0.25, 0.3) is 0 Å². The normalized spacial score (nSPS) is 52.6. The highest BCUT2D eigenvalue weighted by Crippen LogP contribution is 2.89. The molecule has 412 valence electrons. The molecule has 15 aliphatic rings. The number of carbonyl (C=O) groups excluding carboxylic acids is 3. The molecule has 16 rings (SSSR count). The summed E-state index contributed by atoms with van der Waals surface area (Å²) >= 11 is 0. The van der Waals surface area contributed by atoms with Crippen LogP contribution in [-0.2, 0) is 39.8 Å². The molecule has 76 heavy (non-hydrogen) atoms. The van der Waals surface area contributed by atoms with Crippen LogP contribution in [0, 0.1) is 98.1 Å². The van der Waals surface area contributed by atoms with Crippen molar-refractivity contribution in [2.75, 3.05) is 26.4 Å². The first-order chi connectivity index (χ1) is 36.5. The van der Waals surface area contributed by atoms with E-state index in [4.69, 9.17) is 23.4 Å². The summed E-state index contributed by atoms with van der Waals surface area (Å²) in [7, 11) is 0. The minimum atomic E-state index is -1.49. The van der Waals surface area contributed by atoms with E-state index >= 15 is 9.59 Å². The predicted molar refractivity (Wildman–Crippen MR) is 276 cm³/mol. The Morgan fingerprint density at radius 1 is 0.934 bits per heavy atom. The number of furan rings is 1. The number of Topliss-reactive ketones (excluding diaryl/α,β-unsaturated/α-hetero) is 1. The third kappa shape index (κ3) is 5.60. The van der Waals surface area contributed by atoms with Crippen molar-refractivity contribution in [3.63, 3.8) is 0 Å². The van der Waals surface area contributed by atoms with E-state index in [-0.39, 0.29) is 65.9 Å². The Hall–Kier alpha value is -3.07. The quantitative estimate of drug-likeness (QED) is 0.106. The molecule has 5 spiro atoms. The minimum Gasteiger partial charge on any atom is -0.469 e. The third-order valence-electron chi connectivity index (χ3n) is 27.1. The summed E-state index contributed by atoms with van der Waals surface area (Å²) < 4.78 is 35.5. The number of hydrogen-bond donors (Lipinski definition) is 4. The second-order valence-electron chi connectivity index (χ2n) is 29.7. The van der Waals surface area contributed by atoms with E-state index in [1.165, 1.54) is 50.5 Å². The van der Waals surface area contributed by atoms with Crippen molar-refractivity contribution in [1.29, 1.82) is 0 Å². The number of cyclic esters (lactones) is 2. The lowest BCUT2D eigenvalue weighted by Crippen LogP contribution is -2.80. The molecule has 13 nitrogen and oxygen atoms in total. The van der Waals surface area contributed by atoms with Crippen LogP contribution in [-0.4, -0.2) is 106 Å². The zero-order valence-corrected chi connectivity index (χ0v) is 45.5. The van der Waals surface area contributed by atoms with Gasteiger partial charge in [0, 0.05) is 41.3 Å². The molecule has 8 aliphatic carbocycles. The molecule has 7 aliphatic heterocycles. The van der Waals surface area contributed by atoms with E-state index in [0.717, 1.165) is 83.0 Å². The van der Waals surface area contributed by atoms with Crippen LogP contribution in [0.3, 0.4) is 0 Å². The molecular formula is C63H84N2O11. The maximum atomic E-state index is 16.5. The van der Waals surface area contributed by atoms with Gasteiger partial charge in [-0.15, -0.1) is 0 Å².